The number of nitrogens with two attached hydrogens (primary N) is 1. The number of aryl methyl sites for hydroxylation is 1. The molecule has 6 heteroatoms. The van der Waals surface area contributed by atoms with Gasteiger partial charge in [-0.1, -0.05) is 18.1 Å². The van der Waals surface area contributed by atoms with Crippen molar-refractivity contribution in [2.75, 3.05) is 6.54 Å². The third-order valence-corrected chi connectivity index (χ3v) is 3.39. The standard InChI is InChI=1S/C11H18N4O2/c1-15-6-9(13-14-15)5-11(7-12,10(16)17)4-8-2-3-8/h6,8H,2-5,7,12H2,1H3,(H,16,17). The highest BCUT2D eigenvalue weighted by atomic mass is 16.4. The quantitative estimate of drug-likeness (QED) is 0.737. The van der Waals surface area contributed by atoms with Crippen molar-refractivity contribution in [1.29, 1.82) is 0 Å². The van der Waals surface area contributed by atoms with E-state index in [1.807, 2.05) is 0 Å². The predicted octanol–water partition coefficient (Wildman–Crippen LogP) is 0.187. The normalized spacial score (nSPS) is 18.9. The SMILES string of the molecule is Cn1cc(CC(CN)(CC2CC2)C(=O)O)nn1. The molecular weight excluding hydrogens is 220 g/mol. The Morgan fingerprint density at radius 2 is 2.41 bits per heavy atom. The molecule has 3 N–H and O–H groups in total. The molecule has 1 fully saturated rings. The number of carboxylic acid groups (broad SMARTS) is 1. The van der Waals surface area contributed by atoms with Crippen molar-refractivity contribution in [3.8, 4) is 0 Å². The monoisotopic (exact) mass is 238 g/mol. The largest absolute Gasteiger partial charge is 0.481 e. The molecule has 0 spiro atoms. The lowest BCUT2D eigenvalue weighted by Gasteiger charge is -2.26. The zero-order valence-electron chi connectivity index (χ0n) is 9.96. The number of nitrogens with zero attached hydrogens (tertiary/aromatic N) is 3. The Morgan fingerprint density at radius 1 is 1.71 bits per heavy atom. The van der Waals surface area contributed by atoms with E-state index in [0.29, 0.717) is 24.5 Å². The molecule has 1 heterocycles. The summed E-state index contributed by atoms with van der Waals surface area (Å²) in [7, 11) is 1.77. The third-order valence-electron chi connectivity index (χ3n) is 3.39. The van der Waals surface area contributed by atoms with Gasteiger partial charge in [0.2, 0.25) is 0 Å². The highest BCUT2D eigenvalue weighted by Crippen LogP contribution is 2.41. The maximum atomic E-state index is 11.5. The minimum Gasteiger partial charge on any atom is -0.481 e. The van der Waals surface area contributed by atoms with Gasteiger partial charge < -0.3 is 10.8 Å². The summed E-state index contributed by atoms with van der Waals surface area (Å²) >= 11 is 0. The molecule has 1 aliphatic carbocycles. The first kappa shape index (κ1) is 12.0. The van der Waals surface area contributed by atoms with Gasteiger partial charge in [0.25, 0.3) is 0 Å². The van der Waals surface area contributed by atoms with Gasteiger partial charge in [-0.2, -0.15) is 0 Å². The Balaban J connectivity index is 2.16. The molecule has 6 nitrogen and oxygen atoms in total. The van der Waals surface area contributed by atoms with E-state index in [-0.39, 0.29) is 6.54 Å². The van der Waals surface area contributed by atoms with Gasteiger partial charge in [0, 0.05) is 26.2 Å². The fraction of sp³-hybridized carbons (Fsp3) is 0.727. The van der Waals surface area contributed by atoms with Crippen LogP contribution < -0.4 is 5.73 Å². The average Bonchev–Trinajstić information content (AvgIpc) is 3.00. The smallest absolute Gasteiger partial charge is 0.311 e. The van der Waals surface area contributed by atoms with E-state index in [2.05, 4.69) is 10.3 Å². The molecule has 1 unspecified atom stereocenters. The van der Waals surface area contributed by atoms with Crippen molar-refractivity contribution in [3.63, 3.8) is 0 Å². The van der Waals surface area contributed by atoms with Crippen molar-refractivity contribution in [2.24, 2.45) is 24.1 Å². The van der Waals surface area contributed by atoms with Crippen LogP contribution in [0.2, 0.25) is 0 Å². The zero-order chi connectivity index (χ0) is 12.5. The molecule has 1 aliphatic rings. The molecule has 94 valence electrons. The maximum absolute atomic E-state index is 11.5. The second kappa shape index (κ2) is 4.44. The molecule has 17 heavy (non-hydrogen) atoms. The number of hydrogen-bond acceptors (Lipinski definition) is 4. The Kier molecular flexibility index (Phi) is 3.15. The Hall–Kier alpha value is -1.43. The second-order valence-electron chi connectivity index (χ2n) is 5.00. The lowest BCUT2D eigenvalue weighted by atomic mass is 9.78. The summed E-state index contributed by atoms with van der Waals surface area (Å²) < 4.78 is 1.58. The van der Waals surface area contributed by atoms with Crippen molar-refractivity contribution in [2.45, 2.75) is 25.7 Å². The number of aliphatic carboxylic acids is 1. The van der Waals surface area contributed by atoms with Crippen molar-refractivity contribution < 1.29 is 9.90 Å². The molecule has 2 rings (SSSR count). The summed E-state index contributed by atoms with van der Waals surface area (Å²) in [4.78, 5) is 11.5. The lowest BCUT2D eigenvalue weighted by molar-refractivity contribution is -0.149. The topological polar surface area (TPSA) is 94.0 Å². The number of rotatable bonds is 6. The van der Waals surface area contributed by atoms with E-state index in [0.717, 1.165) is 12.8 Å². The molecule has 0 radical (unpaired) electrons. The van der Waals surface area contributed by atoms with Gasteiger partial charge in [-0.15, -0.1) is 5.10 Å². The second-order valence-corrected chi connectivity index (χ2v) is 5.00. The predicted molar refractivity (Wildman–Crippen MR) is 61.2 cm³/mol. The first-order valence-electron chi connectivity index (χ1n) is 5.84. The van der Waals surface area contributed by atoms with Gasteiger partial charge in [-0.25, -0.2) is 0 Å². The highest BCUT2D eigenvalue weighted by Gasteiger charge is 2.42. The number of hydrogen-bond donors (Lipinski definition) is 2. The van der Waals surface area contributed by atoms with Gasteiger partial charge in [0.15, 0.2) is 0 Å². The molecule has 0 aliphatic heterocycles. The van der Waals surface area contributed by atoms with Crippen LogP contribution in [-0.4, -0.2) is 32.6 Å². The third kappa shape index (κ3) is 2.63. The van der Waals surface area contributed by atoms with Crippen molar-refractivity contribution in [1.82, 2.24) is 15.0 Å². The Labute approximate surface area is 99.8 Å². The summed E-state index contributed by atoms with van der Waals surface area (Å²) in [5, 5.41) is 17.2. The first-order chi connectivity index (χ1) is 8.05. The molecule has 0 saturated heterocycles. The minimum absolute atomic E-state index is 0.148. The summed E-state index contributed by atoms with van der Waals surface area (Å²) in [6.07, 6.45) is 5.00. The Bertz CT molecular complexity index is 413. The van der Waals surface area contributed by atoms with Crippen LogP contribution in [0.15, 0.2) is 6.20 Å². The molecule has 0 aromatic carbocycles. The van der Waals surface area contributed by atoms with E-state index in [1.165, 1.54) is 0 Å². The average molecular weight is 238 g/mol. The molecule has 0 amide bonds. The first-order valence-corrected chi connectivity index (χ1v) is 5.84. The highest BCUT2D eigenvalue weighted by molar-refractivity contribution is 5.75. The summed E-state index contributed by atoms with van der Waals surface area (Å²) in [6, 6.07) is 0. The van der Waals surface area contributed by atoms with Gasteiger partial charge in [-0.05, 0) is 12.3 Å². The van der Waals surface area contributed by atoms with E-state index in [1.54, 1.807) is 17.9 Å². The van der Waals surface area contributed by atoms with E-state index in [9.17, 15) is 9.90 Å². The van der Waals surface area contributed by atoms with Crippen LogP contribution in [0.4, 0.5) is 0 Å². The van der Waals surface area contributed by atoms with Crippen LogP contribution in [0.5, 0.6) is 0 Å². The van der Waals surface area contributed by atoms with Gasteiger partial charge >= 0.3 is 5.97 Å². The van der Waals surface area contributed by atoms with Crippen molar-refractivity contribution in [3.05, 3.63) is 11.9 Å². The van der Waals surface area contributed by atoms with E-state index < -0.39 is 11.4 Å². The van der Waals surface area contributed by atoms with Crippen LogP contribution >= 0.6 is 0 Å². The van der Waals surface area contributed by atoms with Crippen molar-refractivity contribution >= 4 is 5.97 Å². The summed E-state index contributed by atoms with van der Waals surface area (Å²) in [5.74, 6) is -0.302. The number of carbonyl (C=O) groups is 1. The fourth-order valence-corrected chi connectivity index (χ4v) is 2.18. The van der Waals surface area contributed by atoms with Gasteiger partial charge in [0.05, 0.1) is 11.1 Å². The fourth-order valence-electron chi connectivity index (χ4n) is 2.18. The summed E-state index contributed by atoms with van der Waals surface area (Å²) in [5.41, 5.74) is 5.52. The number of carboxylic acids is 1. The molecule has 1 aromatic rings. The zero-order valence-corrected chi connectivity index (χ0v) is 9.96. The molecule has 1 atom stereocenters. The van der Waals surface area contributed by atoms with E-state index in [4.69, 9.17) is 5.73 Å². The van der Waals surface area contributed by atoms with Gasteiger partial charge in [0.1, 0.15) is 0 Å². The lowest BCUT2D eigenvalue weighted by Crippen LogP contribution is -2.41. The maximum Gasteiger partial charge on any atom is 0.311 e. The van der Waals surface area contributed by atoms with E-state index >= 15 is 0 Å². The van der Waals surface area contributed by atoms with Crippen LogP contribution in [-0.2, 0) is 18.3 Å². The van der Waals surface area contributed by atoms with Crippen LogP contribution in [0, 0.1) is 11.3 Å². The van der Waals surface area contributed by atoms with Crippen LogP contribution in [0.3, 0.4) is 0 Å². The minimum atomic E-state index is -0.878. The van der Waals surface area contributed by atoms with Gasteiger partial charge in [-0.3, -0.25) is 9.48 Å². The molecule has 0 bridgehead atoms. The number of aromatic nitrogens is 3. The molecule has 1 saturated carbocycles. The van der Waals surface area contributed by atoms with Crippen LogP contribution in [0.1, 0.15) is 25.0 Å². The molecule has 1 aromatic heterocycles. The summed E-state index contributed by atoms with van der Waals surface area (Å²) in [6.45, 7) is 0.148. The Morgan fingerprint density at radius 3 is 2.82 bits per heavy atom. The van der Waals surface area contributed by atoms with Crippen LogP contribution in [0.25, 0.3) is 0 Å². The molecular formula is C11H18N4O2.